The van der Waals surface area contributed by atoms with Gasteiger partial charge in [0.1, 0.15) is 17.2 Å². The number of rotatable bonds is 5. The Bertz CT molecular complexity index is 1700. The molecular weight excluding hydrogens is 521 g/mol. The summed E-state index contributed by atoms with van der Waals surface area (Å²) in [4.78, 5) is 30.6. The molecule has 0 spiro atoms. The number of aryl methyl sites for hydroxylation is 1. The zero-order chi connectivity index (χ0) is 26.5. The van der Waals surface area contributed by atoms with Crippen LogP contribution in [0.25, 0.3) is 5.65 Å². The molecule has 190 valence electrons. The molecule has 1 unspecified atom stereocenters. The second-order valence-corrected chi connectivity index (χ2v) is 11.2. The third-order valence-corrected chi connectivity index (χ3v) is 8.59. The van der Waals surface area contributed by atoms with Crippen molar-refractivity contribution in [3.05, 3.63) is 93.1 Å². The number of sulfone groups is 1. The highest BCUT2D eigenvalue weighted by Gasteiger charge is 2.38. The van der Waals surface area contributed by atoms with Gasteiger partial charge in [0.05, 0.1) is 22.9 Å². The summed E-state index contributed by atoms with van der Waals surface area (Å²) < 4.78 is 40.4. The van der Waals surface area contributed by atoms with Crippen LogP contribution < -0.4 is 10.6 Å². The van der Waals surface area contributed by atoms with Crippen molar-refractivity contribution in [2.45, 2.75) is 31.3 Å². The fourth-order valence-electron chi connectivity index (χ4n) is 4.40. The largest absolute Gasteiger partial charge is 0.347 e. The maximum Gasteiger partial charge on any atom is 0.270 e. The third-order valence-electron chi connectivity index (χ3n) is 6.25. The average molecular weight is 542 g/mol. The smallest absolute Gasteiger partial charge is 0.270 e. The van der Waals surface area contributed by atoms with Crippen LogP contribution in [0.4, 0.5) is 4.39 Å². The number of fused-ring (bicyclic) bond motifs is 2. The Kier molecular flexibility index (Phi) is 6.20. The van der Waals surface area contributed by atoms with Gasteiger partial charge in [-0.05, 0) is 48.2 Å². The summed E-state index contributed by atoms with van der Waals surface area (Å²) in [6.45, 7) is 3.38. The quantitative estimate of drug-likeness (QED) is 0.399. The molecule has 2 aromatic carbocycles. The summed E-state index contributed by atoms with van der Waals surface area (Å²) in [6.07, 6.45) is 1.43. The number of hydrogen-bond donors (Lipinski definition) is 2. The zero-order valence-corrected chi connectivity index (χ0v) is 21.3. The van der Waals surface area contributed by atoms with Crippen molar-refractivity contribution in [3.8, 4) is 0 Å². The summed E-state index contributed by atoms with van der Waals surface area (Å²) in [5, 5.41) is 9.91. The molecule has 1 atom stereocenters. The maximum atomic E-state index is 13.5. The maximum absolute atomic E-state index is 13.5. The van der Waals surface area contributed by atoms with Gasteiger partial charge in [-0.25, -0.2) is 22.3 Å². The number of carbonyl (C=O) groups excluding carboxylic acids is 2. The Morgan fingerprint density at radius 1 is 1.14 bits per heavy atom. The molecule has 9 nitrogen and oxygen atoms in total. The molecule has 2 amide bonds. The Labute approximate surface area is 216 Å². The molecule has 0 bridgehead atoms. The van der Waals surface area contributed by atoms with Crippen molar-refractivity contribution in [2.75, 3.05) is 5.75 Å². The predicted molar refractivity (Wildman–Crippen MR) is 134 cm³/mol. The van der Waals surface area contributed by atoms with Gasteiger partial charge in [0, 0.05) is 23.7 Å². The molecule has 37 heavy (non-hydrogen) atoms. The van der Waals surface area contributed by atoms with Crippen molar-refractivity contribution < 1.29 is 22.4 Å². The molecule has 0 radical (unpaired) electrons. The van der Waals surface area contributed by atoms with Crippen LogP contribution >= 0.6 is 11.6 Å². The molecule has 2 N–H and O–H groups in total. The Morgan fingerprint density at radius 3 is 2.68 bits per heavy atom. The fourth-order valence-corrected chi connectivity index (χ4v) is 6.63. The minimum absolute atomic E-state index is 0.00862. The number of hydrogen-bond acceptors (Lipinski definition) is 6. The van der Waals surface area contributed by atoms with E-state index in [2.05, 4.69) is 20.7 Å². The molecule has 1 aliphatic heterocycles. The predicted octanol–water partition coefficient (Wildman–Crippen LogP) is 3.33. The van der Waals surface area contributed by atoms with Crippen LogP contribution in [0, 0.1) is 19.7 Å². The third kappa shape index (κ3) is 4.56. The van der Waals surface area contributed by atoms with Crippen molar-refractivity contribution >= 4 is 38.9 Å². The van der Waals surface area contributed by atoms with Crippen molar-refractivity contribution in [2.24, 2.45) is 0 Å². The van der Waals surface area contributed by atoms with Crippen LogP contribution in [0.2, 0.25) is 5.02 Å². The first-order valence-electron chi connectivity index (χ1n) is 11.3. The molecular formula is C25H21ClFN5O4S. The second kappa shape index (κ2) is 9.24. The van der Waals surface area contributed by atoms with E-state index in [0.717, 1.165) is 0 Å². The van der Waals surface area contributed by atoms with Gasteiger partial charge in [-0.1, -0.05) is 29.8 Å². The van der Waals surface area contributed by atoms with Gasteiger partial charge in [0.15, 0.2) is 15.5 Å². The van der Waals surface area contributed by atoms with Crippen molar-refractivity contribution in [1.82, 2.24) is 25.2 Å². The van der Waals surface area contributed by atoms with E-state index in [0.29, 0.717) is 27.3 Å². The van der Waals surface area contributed by atoms with Crippen LogP contribution in [0.5, 0.6) is 0 Å². The first kappa shape index (κ1) is 24.8. The molecule has 2 aromatic heterocycles. The minimum Gasteiger partial charge on any atom is -0.347 e. The van der Waals surface area contributed by atoms with E-state index in [9.17, 15) is 22.4 Å². The van der Waals surface area contributed by atoms with Gasteiger partial charge >= 0.3 is 0 Å². The van der Waals surface area contributed by atoms with Gasteiger partial charge in [-0.2, -0.15) is 5.10 Å². The number of amides is 2. The molecule has 0 saturated carbocycles. The Hall–Kier alpha value is -3.83. The summed E-state index contributed by atoms with van der Waals surface area (Å²) >= 11 is 6.12. The highest BCUT2D eigenvalue weighted by Crippen LogP contribution is 2.38. The summed E-state index contributed by atoms with van der Waals surface area (Å²) in [5.74, 6) is -1.82. The lowest BCUT2D eigenvalue weighted by Gasteiger charge is -2.15. The summed E-state index contributed by atoms with van der Waals surface area (Å²) in [7, 11) is -3.65. The van der Waals surface area contributed by atoms with E-state index < -0.39 is 27.7 Å². The molecule has 5 rings (SSSR count). The molecule has 0 saturated heterocycles. The molecule has 12 heteroatoms. The van der Waals surface area contributed by atoms with E-state index in [1.807, 2.05) is 0 Å². The Balaban J connectivity index is 1.41. The first-order chi connectivity index (χ1) is 17.5. The number of nitrogens with one attached hydrogen (secondary N) is 2. The van der Waals surface area contributed by atoms with Crippen LogP contribution in [0.1, 0.15) is 49.3 Å². The van der Waals surface area contributed by atoms with Crippen LogP contribution in [-0.4, -0.2) is 40.6 Å². The van der Waals surface area contributed by atoms with Crippen LogP contribution in [0.3, 0.4) is 0 Å². The standard InChI is InChI=1S/C25H21ClFN5O4S/c1-13-9-15(3-6-18(13)27)11-28-24(33)19-10-21(32-22(30-19)7-8-29-32)25(34)31-20-12-37(35,36)23-14(2)17(26)5-4-16(20)23/h3-10,20H,11-12H2,1-2H3,(H,28,33)(H,31,34). The van der Waals surface area contributed by atoms with Gasteiger partial charge in [-0.3, -0.25) is 9.59 Å². The SMILES string of the molecule is Cc1cc(CNC(=O)c2cc(C(=O)NC3CS(=O)(=O)c4c3ccc(Cl)c4C)n3nccc3n2)ccc1F. The monoisotopic (exact) mass is 541 g/mol. The summed E-state index contributed by atoms with van der Waals surface area (Å²) in [6, 6.07) is 9.73. The zero-order valence-electron chi connectivity index (χ0n) is 19.7. The van der Waals surface area contributed by atoms with E-state index in [1.54, 1.807) is 38.1 Å². The van der Waals surface area contributed by atoms with Crippen molar-refractivity contribution in [1.29, 1.82) is 0 Å². The molecule has 0 aliphatic carbocycles. The highest BCUT2D eigenvalue weighted by atomic mass is 35.5. The van der Waals surface area contributed by atoms with Gasteiger partial charge in [-0.15, -0.1) is 0 Å². The van der Waals surface area contributed by atoms with Crippen molar-refractivity contribution in [3.63, 3.8) is 0 Å². The fraction of sp³-hybridized carbons (Fsp3) is 0.200. The van der Waals surface area contributed by atoms with E-state index in [1.165, 1.54) is 28.9 Å². The number of benzene rings is 2. The van der Waals surface area contributed by atoms with Crippen LogP contribution in [0.15, 0.2) is 53.6 Å². The van der Waals surface area contributed by atoms with Gasteiger partial charge in [0.2, 0.25) is 0 Å². The highest BCUT2D eigenvalue weighted by molar-refractivity contribution is 7.91. The number of nitrogens with zero attached hydrogens (tertiary/aromatic N) is 3. The number of halogens is 2. The topological polar surface area (TPSA) is 123 Å². The first-order valence-corrected chi connectivity index (χ1v) is 13.3. The lowest BCUT2D eigenvalue weighted by Crippen LogP contribution is -2.32. The lowest BCUT2D eigenvalue weighted by atomic mass is 10.1. The van der Waals surface area contributed by atoms with E-state index >= 15 is 0 Å². The van der Waals surface area contributed by atoms with Gasteiger partial charge < -0.3 is 10.6 Å². The van der Waals surface area contributed by atoms with E-state index in [-0.39, 0.29) is 40.0 Å². The molecule has 4 aromatic rings. The minimum atomic E-state index is -3.65. The lowest BCUT2D eigenvalue weighted by molar-refractivity contribution is 0.0933. The van der Waals surface area contributed by atoms with Crippen LogP contribution in [-0.2, 0) is 16.4 Å². The molecule has 0 fully saturated rings. The normalized spacial score (nSPS) is 15.9. The number of carbonyl (C=O) groups is 2. The molecule has 1 aliphatic rings. The molecule has 3 heterocycles. The second-order valence-electron chi connectivity index (χ2n) is 8.79. The number of aromatic nitrogens is 3. The van der Waals surface area contributed by atoms with Gasteiger partial charge in [0.25, 0.3) is 11.8 Å². The summed E-state index contributed by atoms with van der Waals surface area (Å²) in [5.41, 5.74) is 2.29. The van der Waals surface area contributed by atoms with E-state index in [4.69, 9.17) is 11.6 Å². The average Bonchev–Trinajstić information content (AvgIpc) is 3.43. The Morgan fingerprint density at radius 2 is 1.92 bits per heavy atom.